The van der Waals surface area contributed by atoms with Gasteiger partial charge in [-0.2, -0.15) is 11.3 Å². The fraction of sp³-hybridized carbons (Fsp3) is 0.286. The molecule has 0 aliphatic heterocycles. The molecule has 1 aromatic carbocycles. The van der Waals surface area contributed by atoms with Gasteiger partial charge in [0.2, 0.25) is 5.91 Å². The molecule has 2 aromatic heterocycles. The quantitative estimate of drug-likeness (QED) is 0.158. The number of unbranched alkanes of at least 4 members (excludes halogenated alkanes) is 3. The summed E-state index contributed by atoms with van der Waals surface area (Å²) in [6.07, 6.45) is 4.30. The van der Waals surface area contributed by atoms with Gasteiger partial charge in [-0.1, -0.05) is 31.0 Å². The minimum Gasteiger partial charge on any atom is -0.312 e. The molecule has 0 atom stereocenters. The number of benzene rings is 1. The summed E-state index contributed by atoms with van der Waals surface area (Å²) in [5.41, 5.74) is 5.40. The van der Waals surface area contributed by atoms with Crippen molar-refractivity contribution in [3.05, 3.63) is 58.6 Å². The van der Waals surface area contributed by atoms with Crippen molar-refractivity contribution in [2.75, 3.05) is 10.8 Å². The second-order valence-electron chi connectivity index (χ2n) is 6.38. The van der Waals surface area contributed by atoms with E-state index in [1.165, 1.54) is 21.0 Å². The minimum atomic E-state index is -0.305. The van der Waals surface area contributed by atoms with Crippen molar-refractivity contribution in [3.8, 4) is 11.1 Å². The lowest BCUT2D eigenvalue weighted by molar-refractivity contribution is -0.129. The zero-order valence-electron chi connectivity index (χ0n) is 15.5. The summed E-state index contributed by atoms with van der Waals surface area (Å²) in [7, 11) is 0. The minimum absolute atomic E-state index is 0.305. The van der Waals surface area contributed by atoms with Crippen LogP contribution in [0.3, 0.4) is 0 Å². The summed E-state index contributed by atoms with van der Waals surface area (Å²) in [6, 6.07) is 15.1. The Morgan fingerprint density at radius 2 is 1.82 bits per heavy atom. The number of hydrogen-bond donors (Lipinski definition) is 2. The number of amides is 1. The molecule has 4 nitrogen and oxygen atoms in total. The number of nitrogens with zero attached hydrogens (tertiary/aromatic N) is 1. The van der Waals surface area contributed by atoms with Crippen molar-refractivity contribution in [1.29, 1.82) is 0 Å². The summed E-state index contributed by atoms with van der Waals surface area (Å²) in [5, 5.41) is 14.9. The molecule has 7 heteroatoms. The van der Waals surface area contributed by atoms with Gasteiger partial charge in [0.25, 0.3) is 0 Å². The molecule has 28 heavy (non-hydrogen) atoms. The molecule has 3 rings (SSSR count). The van der Waals surface area contributed by atoms with Crippen LogP contribution in [0.2, 0.25) is 0 Å². The van der Waals surface area contributed by atoms with Crippen LogP contribution in [0.5, 0.6) is 0 Å². The molecule has 1 amide bonds. The van der Waals surface area contributed by atoms with Crippen molar-refractivity contribution < 1.29 is 10.0 Å². The topological polar surface area (TPSA) is 52.6 Å². The first-order chi connectivity index (χ1) is 13.8. The molecule has 148 valence electrons. The number of hydroxylamine groups is 1. The lowest BCUT2D eigenvalue weighted by Crippen LogP contribution is -2.18. The third-order valence-corrected chi connectivity index (χ3v) is 7.13. The standard InChI is InChI=1S/C21H24N2O2S3/c24-20(22-25)6-3-1-2-4-13-23(28-21-7-5-14-27-21)19-10-8-17(9-11-19)18-12-15-26-16-18/h5,7-12,14-16,25H,1-4,6,13H2,(H,22,24). The molecule has 0 saturated heterocycles. The van der Waals surface area contributed by atoms with Gasteiger partial charge in [0.05, 0.1) is 4.21 Å². The number of carbonyl (C=O) groups is 1. The predicted molar refractivity (Wildman–Crippen MR) is 120 cm³/mol. The third kappa shape index (κ3) is 6.38. The van der Waals surface area contributed by atoms with Crippen molar-refractivity contribution in [2.24, 2.45) is 0 Å². The van der Waals surface area contributed by atoms with Gasteiger partial charge in [-0.25, -0.2) is 5.48 Å². The fourth-order valence-corrected chi connectivity index (χ4v) is 5.38. The van der Waals surface area contributed by atoms with Crippen molar-refractivity contribution >= 4 is 46.2 Å². The first-order valence-corrected chi connectivity index (χ1v) is 11.9. The van der Waals surface area contributed by atoms with Crippen LogP contribution in [0, 0.1) is 0 Å². The molecule has 0 aliphatic rings. The van der Waals surface area contributed by atoms with Gasteiger partial charge in [-0.3, -0.25) is 10.0 Å². The van der Waals surface area contributed by atoms with Gasteiger partial charge < -0.3 is 4.31 Å². The lowest BCUT2D eigenvalue weighted by atomic mass is 10.1. The number of carbonyl (C=O) groups excluding carboxylic acids is 1. The highest BCUT2D eigenvalue weighted by Gasteiger charge is 2.10. The van der Waals surface area contributed by atoms with E-state index in [0.717, 1.165) is 32.2 Å². The second kappa shape index (κ2) is 11.3. The lowest BCUT2D eigenvalue weighted by Gasteiger charge is -2.23. The number of nitrogens with one attached hydrogen (secondary N) is 1. The smallest absolute Gasteiger partial charge is 0.243 e. The Hall–Kier alpha value is -1.80. The maximum absolute atomic E-state index is 11.1. The number of hydrogen-bond acceptors (Lipinski definition) is 6. The van der Waals surface area contributed by atoms with Crippen molar-refractivity contribution in [1.82, 2.24) is 5.48 Å². The van der Waals surface area contributed by atoms with Crippen LogP contribution in [-0.4, -0.2) is 17.7 Å². The first kappa shape index (κ1) is 20.9. The largest absolute Gasteiger partial charge is 0.312 e. The Labute approximate surface area is 178 Å². The predicted octanol–water partition coefficient (Wildman–Crippen LogP) is 6.45. The Balaban J connectivity index is 1.56. The van der Waals surface area contributed by atoms with Crippen LogP contribution in [0.15, 0.2) is 62.8 Å². The van der Waals surface area contributed by atoms with E-state index >= 15 is 0 Å². The molecule has 3 aromatic rings. The average molecular weight is 433 g/mol. The number of rotatable bonds is 11. The molecule has 2 heterocycles. The van der Waals surface area contributed by atoms with E-state index in [1.807, 2.05) is 0 Å². The van der Waals surface area contributed by atoms with Gasteiger partial charge in [-0.05, 0) is 76.3 Å². The highest BCUT2D eigenvalue weighted by atomic mass is 32.2. The first-order valence-electron chi connectivity index (χ1n) is 9.31. The molecular formula is C21H24N2O2S3. The normalized spacial score (nSPS) is 10.8. The van der Waals surface area contributed by atoms with Crippen LogP contribution < -0.4 is 9.79 Å². The average Bonchev–Trinajstić information content (AvgIpc) is 3.43. The molecular weight excluding hydrogens is 408 g/mol. The van der Waals surface area contributed by atoms with E-state index in [4.69, 9.17) is 5.21 Å². The van der Waals surface area contributed by atoms with E-state index < -0.39 is 0 Å². The van der Waals surface area contributed by atoms with E-state index in [9.17, 15) is 4.79 Å². The molecule has 2 N–H and O–H groups in total. The fourth-order valence-electron chi connectivity index (χ4n) is 2.85. The van der Waals surface area contributed by atoms with E-state index in [0.29, 0.717) is 6.42 Å². The van der Waals surface area contributed by atoms with Gasteiger partial charge in [0, 0.05) is 18.7 Å². The van der Waals surface area contributed by atoms with Crippen LogP contribution in [0.25, 0.3) is 11.1 Å². The van der Waals surface area contributed by atoms with E-state index in [-0.39, 0.29) is 5.91 Å². The zero-order chi connectivity index (χ0) is 19.6. The maximum atomic E-state index is 11.1. The Kier molecular flexibility index (Phi) is 8.42. The zero-order valence-corrected chi connectivity index (χ0v) is 18.0. The summed E-state index contributed by atoms with van der Waals surface area (Å²) in [6.45, 7) is 0.951. The number of thiophene rings is 2. The maximum Gasteiger partial charge on any atom is 0.243 e. The SMILES string of the molecule is O=C(CCCCCCN(Sc1cccs1)c1ccc(-c2ccsc2)cc1)NO. The van der Waals surface area contributed by atoms with Gasteiger partial charge in [0.15, 0.2) is 0 Å². The van der Waals surface area contributed by atoms with E-state index in [2.05, 4.69) is 62.9 Å². The highest BCUT2D eigenvalue weighted by molar-refractivity contribution is 8.02. The Morgan fingerprint density at radius 1 is 1.00 bits per heavy atom. The summed E-state index contributed by atoms with van der Waals surface area (Å²) in [5.74, 6) is -0.305. The number of anilines is 1. The summed E-state index contributed by atoms with van der Waals surface area (Å²) in [4.78, 5) is 11.1. The van der Waals surface area contributed by atoms with Crippen LogP contribution in [0.4, 0.5) is 5.69 Å². The van der Waals surface area contributed by atoms with Crippen molar-refractivity contribution in [3.63, 3.8) is 0 Å². The van der Waals surface area contributed by atoms with Crippen molar-refractivity contribution in [2.45, 2.75) is 36.3 Å². The Morgan fingerprint density at radius 3 is 2.50 bits per heavy atom. The van der Waals surface area contributed by atoms with E-state index in [1.54, 1.807) is 40.1 Å². The molecule has 0 radical (unpaired) electrons. The highest BCUT2D eigenvalue weighted by Crippen LogP contribution is 2.33. The van der Waals surface area contributed by atoms with Gasteiger partial charge in [-0.15, -0.1) is 11.3 Å². The van der Waals surface area contributed by atoms with Gasteiger partial charge >= 0.3 is 0 Å². The van der Waals surface area contributed by atoms with Crippen LogP contribution in [-0.2, 0) is 4.79 Å². The molecule has 0 spiro atoms. The molecule has 0 fully saturated rings. The third-order valence-electron chi connectivity index (χ3n) is 4.34. The Bertz CT molecular complexity index is 818. The van der Waals surface area contributed by atoms with Crippen LogP contribution in [0.1, 0.15) is 32.1 Å². The summed E-state index contributed by atoms with van der Waals surface area (Å²) < 4.78 is 3.63. The molecule has 0 aliphatic carbocycles. The molecule has 0 saturated carbocycles. The molecule has 0 bridgehead atoms. The van der Waals surface area contributed by atoms with Crippen LogP contribution >= 0.6 is 34.6 Å². The second-order valence-corrected chi connectivity index (χ2v) is 9.43. The summed E-state index contributed by atoms with van der Waals surface area (Å²) >= 11 is 5.25. The molecule has 0 unspecified atom stereocenters. The van der Waals surface area contributed by atoms with Gasteiger partial charge in [0.1, 0.15) is 0 Å². The monoisotopic (exact) mass is 432 g/mol.